The summed E-state index contributed by atoms with van der Waals surface area (Å²) < 4.78 is 23.0. The summed E-state index contributed by atoms with van der Waals surface area (Å²) in [7, 11) is -3.36. The van der Waals surface area contributed by atoms with Gasteiger partial charge >= 0.3 is 0 Å². The number of nitrogens with one attached hydrogen (secondary N) is 2. The average Bonchev–Trinajstić information content (AvgIpc) is 3.19. The zero-order valence-electron chi connectivity index (χ0n) is 14.9. The number of carbonyl (C=O) groups is 2. The van der Waals surface area contributed by atoms with Crippen molar-refractivity contribution in [1.82, 2.24) is 0 Å². The van der Waals surface area contributed by atoms with E-state index in [9.17, 15) is 18.0 Å². The normalized spacial score (nSPS) is 11.1. The number of sulfone groups is 1. The van der Waals surface area contributed by atoms with Gasteiger partial charge in [0.05, 0.1) is 26.2 Å². The van der Waals surface area contributed by atoms with Crippen LogP contribution in [0.2, 0.25) is 10.0 Å². The van der Waals surface area contributed by atoms with E-state index in [0.29, 0.717) is 11.3 Å². The van der Waals surface area contributed by atoms with Crippen LogP contribution in [-0.2, 0) is 9.84 Å². The minimum atomic E-state index is -3.36. The van der Waals surface area contributed by atoms with E-state index in [2.05, 4.69) is 10.6 Å². The first-order valence-electron chi connectivity index (χ1n) is 8.09. The monoisotopic (exact) mass is 468 g/mol. The maximum Gasteiger partial charge on any atom is 0.256 e. The summed E-state index contributed by atoms with van der Waals surface area (Å²) in [5, 5.41) is 9.06. The van der Waals surface area contributed by atoms with E-state index in [1.807, 2.05) is 0 Å². The second-order valence-corrected chi connectivity index (χ2v) is 9.64. The number of amides is 2. The lowest BCUT2D eigenvalue weighted by Crippen LogP contribution is -2.14. The number of hydrogen-bond acceptors (Lipinski definition) is 5. The predicted molar refractivity (Wildman–Crippen MR) is 116 cm³/mol. The van der Waals surface area contributed by atoms with Gasteiger partial charge in [-0.1, -0.05) is 23.2 Å². The van der Waals surface area contributed by atoms with E-state index in [-0.39, 0.29) is 32.1 Å². The third kappa shape index (κ3) is 5.16. The first-order valence-corrected chi connectivity index (χ1v) is 11.7. The molecule has 0 unspecified atom stereocenters. The van der Waals surface area contributed by atoms with E-state index in [1.54, 1.807) is 16.8 Å². The van der Waals surface area contributed by atoms with Crippen molar-refractivity contribution in [3.63, 3.8) is 0 Å². The summed E-state index contributed by atoms with van der Waals surface area (Å²) in [6, 6.07) is 10.1. The summed E-state index contributed by atoms with van der Waals surface area (Å²) in [6.07, 6.45) is 1.08. The van der Waals surface area contributed by atoms with Crippen molar-refractivity contribution in [2.24, 2.45) is 0 Å². The molecule has 1 heterocycles. The Labute approximate surface area is 181 Å². The Hall–Kier alpha value is -2.39. The van der Waals surface area contributed by atoms with Crippen LogP contribution in [0.1, 0.15) is 20.7 Å². The Morgan fingerprint density at radius 1 is 0.897 bits per heavy atom. The van der Waals surface area contributed by atoms with Crippen molar-refractivity contribution in [3.8, 4) is 0 Å². The Kier molecular flexibility index (Phi) is 6.28. The van der Waals surface area contributed by atoms with E-state index in [4.69, 9.17) is 23.2 Å². The van der Waals surface area contributed by atoms with Crippen molar-refractivity contribution in [3.05, 3.63) is 74.4 Å². The minimum absolute atomic E-state index is 0.107. The number of carbonyl (C=O) groups excluding carboxylic acids is 2. The number of thiophene rings is 1. The highest BCUT2D eigenvalue weighted by atomic mass is 35.5. The summed E-state index contributed by atoms with van der Waals surface area (Å²) >= 11 is 13.9. The molecule has 0 spiro atoms. The van der Waals surface area contributed by atoms with Gasteiger partial charge in [0.15, 0.2) is 9.84 Å². The van der Waals surface area contributed by atoms with Crippen molar-refractivity contribution in [2.45, 2.75) is 4.90 Å². The molecule has 6 nitrogen and oxygen atoms in total. The molecule has 0 bridgehead atoms. The van der Waals surface area contributed by atoms with Gasteiger partial charge in [-0.25, -0.2) is 8.42 Å². The van der Waals surface area contributed by atoms with Crippen molar-refractivity contribution >= 4 is 67.6 Å². The lowest BCUT2D eigenvalue weighted by Gasteiger charge is -2.12. The third-order valence-electron chi connectivity index (χ3n) is 3.87. The first kappa shape index (κ1) is 21.3. The summed E-state index contributed by atoms with van der Waals surface area (Å²) in [5.74, 6) is -0.815. The van der Waals surface area contributed by atoms with Crippen LogP contribution in [0, 0.1) is 0 Å². The molecule has 0 saturated carbocycles. The zero-order valence-corrected chi connectivity index (χ0v) is 18.0. The molecule has 0 aliphatic carbocycles. The highest BCUT2D eigenvalue weighted by Gasteiger charge is 2.16. The minimum Gasteiger partial charge on any atom is -0.322 e. The van der Waals surface area contributed by atoms with Gasteiger partial charge in [-0.3, -0.25) is 9.59 Å². The fourth-order valence-electron chi connectivity index (χ4n) is 2.40. The summed E-state index contributed by atoms with van der Waals surface area (Å²) in [6.45, 7) is 0. The first-order chi connectivity index (χ1) is 13.6. The van der Waals surface area contributed by atoms with Crippen LogP contribution in [0.15, 0.2) is 58.1 Å². The molecule has 0 radical (unpaired) electrons. The van der Waals surface area contributed by atoms with Gasteiger partial charge in [0.1, 0.15) is 0 Å². The molecular weight excluding hydrogens is 455 g/mol. The molecule has 0 fully saturated rings. The maximum atomic E-state index is 12.5. The fourth-order valence-corrected chi connectivity index (χ4v) is 4.25. The number of hydrogen-bond donors (Lipinski definition) is 2. The van der Waals surface area contributed by atoms with Gasteiger partial charge in [0, 0.05) is 22.9 Å². The molecule has 150 valence electrons. The van der Waals surface area contributed by atoms with Gasteiger partial charge in [-0.05, 0) is 47.8 Å². The lowest BCUT2D eigenvalue weighted by atomic mass is 10.2. The average molecular weight is 469 g/mol. The second-order valence-electron chi connectivity index (χ2n) is 6.03. The number of anilines is 2. The fraction of sp³-hybridized carbons (Fsp3) is 0.0526. The van der Waals surface area contributed by atoms with Gasteiger partial charge in [0.25, 0.3) is 11.8 Å². The molecule has 0 aliphatic rings. The molecule has 0 atom stereocenters. The Morgan fingerprint density at radius 2 is 1.48 bits per heavy atom. The zero-order chi connectivity index (χ0) is 21.2. The smallest absolute Gasteiger partial charge is 0.256 e. The van der Waals surface area contributed by atoms with Crippen LogP contribution < -0.4 is 10.6 Å². The van der Waals surface area contributed by atoms with Crippen LogP contribution in [0.3, 0.4) is 0 Å². The summed E-state index contributed by atoms with van der Waals surface area (Å²) in [4.78, 5) is 24.7. The number of halogens is 2. The van der Waals surface area contributed by atoms with Crippen LogP contribution in [-0.4, -0.2) is 26.5 Å². The molecule has 0 aliphatic heterocycles. The van der Waals surface area contributed by atoms with Crippen molar-refractivity contribution in [2.75, 3.05) is 16.9 Å². The second kappa shape index (κ2) is 8.54. The van der Waals surface area contributed by atoms with Gasteiger partial charge in [-0.15, -0.1) is 0 Å². The molecule has 10 heteroatoms. The van der Waals surface area contributed by atoms with E-state index in [0.717, 1.165) is 6.26 Å². The van der Waals surface area contributed by atoms with Crippen LogP contribution in [0.25, 0.3) is 0 Å². The highest BCUT2D eigenvalue weighted by molar-refractivity contribution is 7.90. The molecule has 0 saturated heterocycles. The van der Waals surface area contributed by atoms with E-state index >= 15 is 0 Å². The van der Waals surface area contributed by atoms with Crippen LogP contribution >= 0.6 is 34.5 Å². The third-order valence-corrected chi connectivity index (χ3v) is 6.27. The van der Waals surface area contributed by atoms with Gasteiger partial charge in [-0.2, -0.15) is 11.3 Å². The lowest BCUT2D eigenvalue weighted by molar-refractivity contribution is 0.101. The molecule has 3 aromatic rings. The number of rotatable bonds is 5. The highest BCUT2D eigenvalue weighted by Crippen LogP contribution is 2.34. The topological polar surface area (TPSA) is 92.3 Å². The Bertz CT molecular complexity index is 1150. The maximum absolute atomic E-state index is 12.5. The number of benzene rings is 2. The molecule has 2 amide bonds. The van der Waals surface area contributed by atoms with E-state index < -0.39 is 15.7 Å². The molecule has 3 rings (SSSR count). The van der Waals surface area contributed by atoms with E-state index in [1.165, 1.54) is 47.7 Å². The molecular formula is C19H14Cl2N2O4S2. The van der Waals surface area contributed by atoms with Crippen LogP contribution in [0.4, 0.5) is 11.4 Å². The Morgan fingerprint density at radius 3 is 2.00 bits per heavy atom. The SMILES string of the molecule is CS(=O)(=O)c1ccc(C(=O)Nc2c(Cl)cc(NC(=O)c3ccsc3)cc2Cl)cc1. The van der Waals surface area contributed by atoms with Crippen LogP contribution in [0.5, 0.6) is 0 Å². The standard InChI is InChI=1S/C19H14Cl2N2O4S2/c1-29(26,27)14-4-2-11(3-5-14)18(24)23-17-15(20)8-13(9-16(17)21)22-19(25)12-6-7-28-10-12/h2-10H,1H3,(H,22,25)(H,23,24). The largest absolute Gasteiger partial charge is 0.322 e. The van der Waals surface area contributed by atoms with Crippen molar-refractivity contribution < 1.29 is 18.0 Å². The summed E-state index contributed by atoms with van der Waals surface area (Å²) in [5.41, 5.74) is 1.31. The van der Waals surface area contributed by atoms with Gasteiger partial charge < -0.3 is 10.6 Å². The van der Waals surface area contributed by atoms with Gasteiger partial charge in [0.2, 0.25) is 0 Å². The molecule has 1 aromatic heterocycles. The quantitative estimate of drug-likeness (QED) is 0.552. The molecule has 2 N–H and O–H groups in total. The van der Waals surface area contributed by atoms with Crippen molar-refractivity contribution in [1.29, 1.82) is 0 Å². The molecule has 2 aromatic carbocycles. The Balaban J connectivity index is 1.77. The predicted octanol–water partition coefficient (Wildman–Crippen LogP) is 4.96. The molecule has 29 heavy (non-hydrogen) atoms.